The number of anilines is 1. The molecular weight excluding hydrogens is 508 g/mol. The highest BCUT2D eigenvalue weighted by Crippen LogP contribution is 2.36. The molecule has 2 aromatic heterocycles. The first-order chi connectivity index (χ1) is 19.4. The van der Waals surface area contributed by atoms with Gasteiger partial charge in [0.1, 0.15) is 23.4 Å². The van der Waals surface area contributed by atoms with Gasteiger partial charge in [0.05, 0.1) is 24.5 Å². The fourth-order valence-corrected chi connectivity index (χ4v) is 6.13. The first-order valence-electron chi connectivity index (χ1n) is 14.1. The third kappa shape index (κ3) is 5.09. The molecular formula is C30H36N6O4. The van der Waals surface area contributed by atoms with Crippen molar-refractivity contribution in [1.82, 2.24) is 24.8 Å². The zero-order valence-corrected chi connectivity index (χ0v) is 23.0. The van der Waals surface area contributed by atoms with Crippen molar-refractivity contribution in [2.75, 3.05) is 18.1 Å². The predicted octanol–water partition coefficient (Wildman–Crippen LogP) is 3.94. The molecule has 1 saturated heterocycles. The maximum Gasteiger partial charge on any atom is 0.329 e. The Morgan fingerprint density at radius 2 is 1.90 bits per heavy atom. The Balaban J connectivity index is 1.16. The number of aromatic nitrogens is 3. The fourth-order valence-electron chi connectivity index (χ4n) is 6.13. The molecule has 1 aromatic carbocycles. The van der Waals surface area contributed by atoms with E-state index in [4.69, 9.17) is 9.72 Å². The van der Waals surface area contributed by atoms with Crippen LogP contribution in [0.25, 0.3) is 11.5 Å². The van der Waals surface area contributed by atoms with Gasteiger partial charge in [-0.05, 0) is 54.5 Å². The van der Waals surface area contributed by atoms with Crippen LogP contribution in [-0.2, 0) is 24.9 Å². The quantitative estimate of drug-likeness (QED) is 0.463. The molecule has 2 aliphatic heterocycles. The molecule has 1 aliphatic carbocycles. The number of imidazole rings is 1. The maximum absolute atomic E-state index is 12.3. The Morgan fingerprint density at radius 1 is 1.10 bits per heavy atom. The number of nitrogens with one attached hydrogen (secondary N) is 1. The summed E-state index contributed by atoms with van der Waals surface area (Å²) in [4.78, 5) is 37.1. The number of pyridine rings is 1. The summed E-state index contributed by atoms with van der Waals surface area (Å²) in [6, 6.07) is 11.6. The van der Waals surface area contributed by atoms with Crippen molar-refractivity contribution in [3.63, 3.8) is 0 Å². The van der Waals surface area contributed by atoms with E-state index >= 15 is 0 Å². The molecule has 1 saturated carbocycles. The molecule has 0 spiro atoms. The van der Waals surface area contributed by atoms with Gasteiger partial charge in [-0.15, -0.1) is 0 Å². The molecule has 3 aliphatic rings. The van der Waals surface area contributed by atoms with E-state index in [1.54, 1.807) is 6.20 Å². The SMILES string of the molecule is C[C@@H]1CCCC[C@H]1Oc1ccc(CN2Cc3ccc(-c4ncc(N5CCC(=O)NC5=O)n4C)nc3[C@@H]2CO)cc1. The molecule has 3 aromatic rings. The van der Waals surface area contributed by atoms with E-state index in [1.807, 2.05) is 23.7 Å². The van der Waals surface area contributed by atoms with E-state index in [2.05, 4.69) is 46.4 Å². The number of aliphatic hydroxyl groups excluding tert-OH is 1. The number of carbonyl (C=O) groups is 2. The Hall–Kier alpha value is -3.76. The summed E-state index contributed by atoms with van der Waals surface area (Å²) in [5, 5.41) is 12.7. The molecule has 6 rings (SSSR count). The van der Waals surface area contributed by atoms with Gasteiger partial charge in [-0.25, -0.2) is 14.8 Å². The highest BCUT2D eigenvalue weighted by molar-refractivity contribution is 6.05. The number of amides is 3. The normalized spacial score (nSPS) is 23.3. The number of nitrogens with zero attached hydrogens (tertiary/aromatic N) is 5. The van der Waals surface area contributed by atoms with Crippen LogP contribution in [0.5, 0.6) is 5.75 Å². The van der Waals surface area contributed by atoms with Gasteiger partial charge in [-0.3, -0.25) is 19.9 Å². The zero-order valence-electron chi connectivity index (χ0n) is 23.0. The van der Waals surface area contributed by atoms with Gasteiger partial charge in [0.25, 0.3) is 0 Å². The minimum Gasteiger partial charge on any atom is -0.490 e. The number of urea groups is 1. The Bertz CT molecular complexity index is 1400. The van der Waals surface area contributed by atoms with Gasteiger partial charge in [0.15, 0.2) is 5.82 Å². The lowest BCUT2D eigenvalue weighted by Gasteiger charge is -2.29. The van der Waals surface area contributed by atoms with E-state index in [-0.39, 0.29) is 25.0 Å². The number of ether oxygens (including phenoxy) is 1. The molecule has 0 unspecified atom stereocenters. The molecule has 10 nitrogen and oxygen atoms in total. The number of fused-ring (bicyclic) bond motifs is 1. The molecule has 3 atom stereocenters. The van der Waals surface area contributed by atoms with Crippen molar-refractivity contribution >= 4 is 17.8 Å². The monoisotopic (exact) mass is 544 g/mol. The van der Waals surface area contributed by atoms with Crippen LogP contribution in [0.1, 0.15) is 61.9 Å². The lowest BCUT2D eigenvalue weighted by molar-refractivity contribution is -0.120. The van der Waals surface area contributed by atoms with Crippen LogP contribution in [0.2, 0.25) is 0 Å². The van der Waals surface area contributed by atoms with Crippen molar-refractivity contribution < 1.29 is 19.4 Å². The predicted molar refractivity (Wildman–Crippen MR) is 150 cm³/mol. The number of carbonyl (C=O) groups excluding carboxylic acids is 2. The number of imide groups is 1. The van der Waals surface area contributed by atoms with Gasteiger partial charge in [0.2, 0.25) is 5.91 Å². The van der Waals surface area contributed by atoms with E-state index in [1.165, 1.54) is 24.2 Å². The van der Waals surface area contributed by atoms with Crippen LogP contribution in [0.15, 0.2) is 42.6 Å². The van der Waals surface area contributed by atoms with Crippen molar-refractivity contribution in [2.24, 2.45) is 13.0 Å². The summed E-state index contributed by atoms with van der Waals surface area (Å²) in [7, 11) is 1.83. The molecule has 2 N–H and O–H groups in total. The van der Waals surface area contributed by atoms with Crippen LogP contribution >= 0.6 is 0 Å². The fraction of sp³-hybridized carbons (Fsp3) is 0.467. The van der Waals surface area contributed by atoms with Gasteiger partial charge >= 0.3 is 6.03 Å². The van der Waals surface area contributed by atoms with Gasteiger partial charge in [-0.2, -0.15) is 0 Å². The number of hydrogen-bond acceptors (Lipinski definition) is 7. The van der Waals surface area contributed by atoms with Crippen LogP contribution in [-0.4, -0.2) is 55.7 Å². The number of aliphatic hydroxyl groups is 1. The Labute approximate surface area is 234 Å². The number of benzene rings is 1. The minimum absolute atomic E-state index is 0.0436. The third-order valence-corrected chi connectivity index (χ3v) is 8.47. The topological polar surface area (TPSA) is 113 Å². The van der Waals surface area contributed by atoms with Gasteiger partial charge in [-0.1, -0.05) is 31.5 Å². The molecule has 40 heavy (non-hydrogen) atoms. The highest BCUT2D eigenvalue weighted by atomic mass is 16.5. The van der Waals surface area contributed by atoms with Crippen molar-refractivity contribution in [2.45, 2.75) is 64.3 Å². The second kappa shape index (κ2) is 11.0. The molecule has 3 amide bonds. The highest BCUT2D eigenvalue weighted by Gasteiger charge is 2.33. The van der Waals surface area contributed by atoms with Crippen LogP contribution in [0, 0.1) is 5.92 Å². The summed E-state index contributed by atoms with van der Waals surface area (Å²) in [6.07, 6.45) is 7.04. The largest absolute Gasteiger partial charge is 0.490 e. The third-order valence-electron chi connectivity index (χ3n) is 8.47. The average Bonchev–Trinajstić information content (AvgIpc) is 3.50. The molecule has 10 heteroatoms. The van der Waals surface area contributed by atoms with Gasteiger partial charge < -0.3 is 14.4 Å². The second-order valence-corrected chi connectivity index (χ2v) is 11.2. The van der Waals surface area contributed by atoms with E-state index in [0.29, 0.717) is 49.0 Å². The van der Waals surface area contributed by atoms with E-state index < -0.39 is 6.03 Å². The molecule has 0 bridgehead atoms. The van der Waals surface area contributed by atoms with Crippen molar-refractivity contribution in [3.05, 3.63) is 59.4 Å². The minimum atomic E-state index is -0.452. The lowest BCUT2D eigenvalue weighted by atomic mass is 9.88. The second-order valence-electron chi connectivity index (χ2n) is 11.2. The smallest absolute Gasteiger partial charge is 0.329 e. The first kappa shape index (κ1) is 26.5. The summed E-state index contributed by atoms with van der Waals surface area (Å²) in [5.74, 6) is 2.43. The Kier molecular flexibility index (Phi) is 7.29. The number of hydrogen-bond donors (Lipinski definition) is 2. The summed E-state index contributed by atoms with van der Waals surface area (Å²) < 4.78 is 8.10. The van der Waals surface area contributed by atoms with E-state index in [9.17, 15) is 14.7 Å². The Morgan fingerprint density at radius 3 is 2.65 bits per heavy atom. The van der Waals surface area contributed by atoms with Crippen LogP contribution in [0.4, 0.5) is 10.6 Å². The average molecular weight is 545 g/mol. The zero-order chi connectivity index (χ0) is 27.8. The summed E-state index contributed by atoms with van der Waals surface area (Å²) in [5.41, 5.74) is 3.75. The van der Waals surface area contributed by atoms with E-state index in [0.717, 1.165) is 29.0 Å². The lowest BCUT2D eigenvalue weighted by Crippen LogP contribution is -2.50. The standard InChI is InChI=1S/C30H36N6O4/c1-19-5-3-4-6-25(19)40-22-10-7-20(8-11-22)16-35-17-21-9-12-23(32-28(21)24(35)18-37)29-31-15-27(34(29)2)36-14-13-26(38)33-30(36)39/h7-12,15,19,24-25,37H,3-6,13-14,16-18H2,1-2H3,(H,33,38,39)/t19-,24+,25-/m1/s1. The first-order valence-corrected chi connectivity index (χ1v) is 14.1. The summed E-state index contributed by atoms with van der Waals surface area (Å²) in [6.45, 7) is 3.92. The van der Waals surface area contributed by atoms with Crippen LogP contribution < -0.4 is 15.0 Å². The van der Waals surface area contributed by atoms with Crippen LogP contribution in [0.3, 0.4) is 0 Å². The van der Waals surface area contributed by atoms with Crippen molar-refractivity contribution in [3.8, 4) is 17.3 Å². The molecule has 0 radical (unpaired) electrons. The molecule has 4 heterocycles. The number of rotatable bonds is 7. The molecule has 210 valence electrons. The summed E-state index contributed by atoms with van der Waals surface area (Å²) >= 11 is 0. The van der Waals surface area contributed by atoms with Crippen molar-refractivity contribution in [1.29, 1.82) is 0 Å². The molecule has 2 fully saturated rings. The van der Waals surface area contributed by atoms with Gasteiger partial charge in [0, 0.05) is 33.1 Å². The maximum atomic E-state index is 12.3.